The minimum Gasteiger partial charge on any atom is -0.343 e. The number of imidazole rings is 1. The summed E-state index contributed by atoms with van der Waals surface area (Å²) in [4.78, 5) is 16.2. The van der Waals surface area contributed by atoms with Gasteiger partial charge in [-0.25, -0.2) is 14.1 Å². The molecule has 3 rings (SSSR count). The summed E-state index contributed by atoms with van der Waals surface area (Å²) in [6.45, 7) is -0.0908. The van der Waals surface area contributed by atoms with Gasteiger partial charge in [0.2, 0.25) is 0 Å². The molecule has 3 aromatic rings. The van der Waals surface area contributed by atoms with Crippen molar-refractivity contribution in [3.63, 3.8) is 0 Å². The lowest BCUT2D eigenvalue weighted by Gasteiger charge is -2.11. The Hall–Kier alpha value is -3.24. The van der Waals surface area contributed by atoms with E-state index in [2.05, 4.69) is 20.6 Å². The number of halogens is 4. The standard InChI is InChI=1S/C15H12F4N6O/c1-24-6-5-20-11(24)8-21-14(26)12-13(15(17,18)19)25(23-22-12)10-4-2-3-9(16)7-10/h2-7H,8H2,1H3,(H,21,26). The first-order valence-corrected chi connectivity index (χ1v) is 7.30. The molecule has 26 heavy (non-hydrogen) atoms. The summed E-state index contributed by atoms with van der Waals surface area (Å²) >= 11 is 0. The molecule has 0 saturated heterocycles. The van der Waals surface area contributed by atoms with E-state index in [9.17, 15) is 22.4 Å². The molecule has 2 aromatic heterocycles. The third-order valence-electron chi connectivity index (χ3n) is 3.53. The smallest absolute Gasteiger partial charge is 0.343 e. The number of hydrogen-bond donors (Lipinski definition) is 1. The molecule has 0 radical (unpaired) electrons. The fraction of sp³-hybridized carbons (Fsp3) is 0.200. The topological polar surface area (TPSA) is 77.6 Å². The van der Waals surface area contributed by atoms with Crippen LogP contribution < -0.4 is 5.32 Å². The Morgan fingerprint density at radius 2 is 2.08 bits per heavy atom. The summed E-state index contributed by atoms with van der Waals surface area (Å²) in [5, 5.41) is 9.04. The molecule has 7 nitrogen and oxygen atoms in total. The molecule has 11 heteroatoms. The van der Waals surface area contributed by atoms with Crippen LogP contribution >= 0.6 is 0 Å². The van der Waals surface area contributed by atoms with E-state index in [4.69, 9.17) is 0 Å². The van der Waals surface area contributed by atoms with Gasteiger partial charge in [-0.2, -0.15) is 13.2 Å². The Morgan fingerprint density at radius 1 is 1.31 bits per heavy atom. The Balaban J connectivity index is 1.94. The van der Waals surface area contributed by atoms with E-state index >= 15 is 0 Å². The predicted molar refractivity (Wildman–Crippen MR) is 80.7 cm³/mol. The van der Waals surface area contributed by atoms with Crippen LogP contribution in [0.25, 0.3) is 5.69 Å². The summed E-state index contributed by atoms with van der Waals surface area (Å²) in [6, 6.07) is 4.39. The molecule has 0 aliphatic heterocycles. The molecule has 0 atom stereocenters. The monoisotopic (exact) mass is 368 g/mol. The van der Waals surface area contributed by atoms with Crippen LogP contribution in [0.5, 0.6) is 0 Å². The molecule has 0 aliphatic rings. The van der Waals surface area contributed by atoms with E-state index in [1.165, 1.54) is 18.3 Å². The maximum absolute atomic E-state index is 13.5. The van der Waals surface area contributed by atoms with Crippen molar-refractivity contribution in [2.24, 2.45) is 7.05 Å². The molecule has 0 unspecified atom stereocenters. The number of rotatable bonds is 4. The fourth-order valence-electron chi connectivity index (χ4n) is 2.29. The van der Waals surface area contributed by atoms with Crippen LogP contribution in [0.3, 0.4) is 0 Å². The molecule has 136 valence electrons. The van der Waals surface area contributed by atoms with Gasteiger partial charge in [0, 0.05) is 19.4 Å². The maximum atomic E-state index is 13.5. The number of amides is 1. The van der Waals surface area contributed by atoms with Crippen molar-refractivity contribution in [1.82, 2.24) is 29.9 Å². The van der Waals surface area contributed by atoms with E-state index in [0.29, 0.717) is 10.5 Å². The van der Waals surface area contributed by atoms with Gasteiger partial charge in [-0.3, -0.25) is 4.79 Å². The summed E-state index contributed by atoms with van der Waals surface area (Å²) < 4.78 is 55.8. The first-order chi connectivity index (χ1) is 12.3. The van der Waals surface area contributed by atoms with Crippen LogP contribution in [0.15, 0.2) is 36.7 Å². The number of carbonyl (C=O) groups is 1. The largest absolute Gasteiger partial charge is 0.435 e. The van der Waals surface area contributed by atoms with Gasteiger partial charge in [0.1, 0.15) is 11.6 Å². The second-order valence-corrected chi connectivity index (χ2v) is 5.31. The molecule has 2 heterocycles. The van der Waals surface area contributed by atoms with Crippen molar-refractivity contribution in [3.05, 3.63) is 59.7 Å². The summed E-state index contributed by atoms with van der Waals surface area (Å²) in [7, 11) is 1.68. The Morgan fingerprint density at radius 3 is 2.69 bits per heavy atom. The number of hydrogen-bond acceptors (Lipinski definition) is 4. The third kappa shape index (κ3) is 3.41. The van der Waals surface area contributed by atoms with Gasteiger partial charge < -0.3 is 9.88 Å². The minimum absolute atomic E-state index is 0.0908. The van der Waals surface area contributed by atoms with Crippen molar-refractivity contribution in [3.8, 4) is 5.69 Å². The van der Waals surface area contributed by atoms with Gasteiger partial charge in [0.05, 0.1) is 12.2 Å². The Bertz CT molecular complexity index is 946. The molecule has 0 fully saturated rings. The lowest BCUT2D eigenvalue weighted by Crippen LogP contribution is -2.28. The van der Waals surface area contributed by atoms with E-state index in [1.54, 1.807) is 17.8 Å². The van der Waals surface area contributed by atoms with E-state index in [1.807, 2.05) is 0 Å². The Labute approximate surface area is 144 Å². The number of aryl methyl sites for hydroxylation is 1. The zero-order valence-corrected chi connectivity index (χ0v) is 13.3. The summed E-state index contributed by atoms with van der Waals surface area (Å²) in [5.41, 5.74) is -2.50. The number of aromatic nitrogens is 5. The highest BCUT2D eigenvalue weighted by molar-refractivity contribution is 5.93. The highest BCUT2D eigenvalue weighted by Crippen LogP contribution is 2.32. The number of nitrogens with zero attached hydrogens (tertiary/aromatic N) is 5. The van der Waals surface area contributed by atoms with Gasteiger partial charge in [-0.05, 0) is 18.2 Å². The van der Waals surface area contributed by atoms with E-state index in [0.717, 1.165) is 12.1 Å². The third-order valence-corrected chi connectivity index (χ3v) is 3.53. The zero-order valence-electron chi connectivity index (χ0n) is 13.3. The predicted octanol–water partition coefficient (Wildman–Crippen LogP) is 2.09. The van der Waals surface area contributed by atoms with Crippen molar-refractivity contribution in [2.45, 2.75) is 12.7 Å². The molecule has 1 aromatic carbocycles. The number of benzene rings is 1. The van der Waals surface area contributed by atoms with Crippen LogP contribution in [-0.2, 0) is 19.8 Å². The molecule has 1 N–H and O–H groups in total. The lowest BCUT2D eigenvalue weighted by molar-refractivity contribution is -0.143. The average molecular weight is 368 g/mol. The normalized spacial score (nSPS) is 11.6. The minimum atomic E-state index is -4.92. The van der Waals surface area contributed by atoms with E-state index in [-0.39, 0.29) is 12.2 Å². The second-order valence-electron chi connectivity index (χ2n) is 5.31. The first kappa shape index (κ1) is 17.6. The van der Waals surface area contributed by atoms with Crippen molar-refractivity contribution in [2.75, 3.05) is 0 Å². The van der Waals surface area contributed by atoms with Gasteiger partial charge in [-0.15, -0.1) is 5.10 Å². The second kappa shape index (κ2) is 6.58. The van der Waals surface area contributed by atoms with Crippen LogP contribution in [-0.4, -0.2) is 30.5 Å². The molecule has 0 bridgehead atoms. The zero-order chi connectivity index (χ0) is 18.9. The quantitative estimate of drug-likeness (QED) is 0.716. The summed E-state index contributed by atoms with van der Waals surface area (Å²) in [5.74, 6) is -1.36. The molecule has 1 amide bonds. The van der Waals surface area contributed by atoms with E-state index < -0.39 is 29.3 Å². The van der Waals surface area contributed by atoms with Crippen molar-refractivity contribution >= 4 is 5.91 Å². The first-order valence-electron chi connectivity index (χ1n) is 7.30. The Kier molecular flexibility index (Phi) is 4.45. The molecule has 0 saturated carbocycles. The fourth-order valence-corrected chi connectivity index (χ4v) is 2.29. The van der Waals surface area contributed by atoms with Crippen LogP contribution in [0, 0.1) is 5.82 Å². The number of nitrogens with one attached hydrogen (secondary N) is 1. The lowest BCUT2D eigenvalue weighted by atomic mass is 10.2. The number of alkyl halides is 3. The SMILES string of the molecule is Cn1ccnc1CNC(=O)c1nnn(-c2cccc(F)c2)c1C(F)(F)F. The molecule has 0 spiro atoms. The molecular weight excluding hydrogens is 356 g/mol. The highest BCUT2D eigenvalue weighted by atomic mass is 19.4. The summed E-state index contributed by atoms with van der Waals surface area (Å²) in [6.07, 6.45) is -1.81. The van der Waals surface area contributed by atoms with Gasteiger partial charge >= 0.3 is 6.18 Å². The van der Waals surface area contributed by atoms with Crippen LogP contribution in [0.1, 0.15) is 22.0 Å². The van der Waals surface area contributed by atoms with Gasteiger partial charge in [0.25, 0.3) is 5.91 Å². The van der Waals surface area contributed by atoms with Gasteiger partial charge in [0.15, 0.2) is 11.4 Å². The molecular formula is C15H12F4N6O. The van der Waals surface area contributed by atoms with Crippen molar-refractivity contribution in [1.29, 1.82) is 0 Å². The maximum Gasteiger partial charge on any atom is 0.435 e. The molecule has 0 aliphatic carbocycles. The average Bonchev–Trinajstić information content (AvgIpc) is 3.18. The van der Waals surface area contributed by atoms with Gasteiger partial charge in [-0.1, -0.05) is 11.3 Å². The highest BCUT2D eigenvalue weighted by Gasteiger charge is 2.42. The van der Waals surface area contributed by atoms with Crippen molar-refractivity contribution < 1.29 is 22.4 Å². The van der Waals surface area contributed by atoms with Crippen LogP contribution in [0.4, 0.5) is 17.6 Å². The van der Waals surface area contributed by atoms with Crippen LogP contribution in [0.2, 0.25) is 0 Å². The number of carbonyl (C=O) groups excluding carboxylic acids is 1.